The number of nitrogens with one attached hydrogen (secondary N) is 1. The molecule has 0 aliphatic carbocycles. The molecule has 1 atom stereocenters. The molecule has 0 saturated carbocycles. The predicted octanol–water partition coefficient (Wildman–Crippen LogP) is 0.627. The first-order valence-corrected chi connectivity index (χ1v) is 5.65. The Labute approximate surface area is 58.4 Å². The van der Waals surface area contributed by atoms with E-state index in [0.717, 1.165) is 6.61 Å². The predicted molar refractivity (Wildman–Crippen MR) is 40.8 cm³/mol. The first kappa shape index (κ1) is 7.25. The highest BCUT2D eigenvalue weighted by Crippen LogP contribution is 2.05. The Hall–Kier alpha value is 0.137. The summed E-state index contributed by atoms with van der Waals surface area (Å²) in [5.41, 5.74) is 0. The van der Waals surface area contributed by atoms with Crippen molar-refractivity contribution in [1.29, 1.82) is 0 Å². The molecule has 0 radical (unpaired) electrons. The third kappa shape index (κ3) is 2.47. The maximum Gasteiger partial charge on any atom is 0.252 e. The molecular weight excluding hydrogens is 130 g/mol. The van der Waals surface area contributed by atoms with E-state index in [1.165, 1.54) is 25.4 Å². The highest BCUT2D eigenvalue weighted by atomic mass is 28.3. The Bertz CT molecular complexity index is 70.7. The average molecular weight is 145 g/mol. The van der Waals surface area contributed by atoms with E-state index >= 15 is 0 Å². The summed E-state index contributed by atoms with van der Waals surface area (Å²) in [4.78, 5) is 3.44. The van der Waals surface area contributed by atoms with Crippen LogP contribution in [0.2, 0.25) is 6.04 Å². The average Bonchev–Trinajstić information content (AvgIpc) is 1.91. The van der Waals surface area contributed by atoms with Gasteiger partial charge < -0.3 is 9.41 Å². The van der Waals surface area contributed by atoms with Crippen molar-refractivity contribution in [3.8, 4) is 0 Å². The summed E-state index contributed by atoms with van der Waals surface area (Å²) < 4.78 is 5.51. The Morgan fingerprint density at radius 1 is 1.56 bits per heavy atom. The van der Waals surface area contributed by atoms with Gasteiger partial charge in [-0.25, -0.2) is 0 Å². The topological polar surface area (TPSA) is 21.3 Å². The molecule has 1 unspecified atom stereocenters. The molecule has 0 spiro atoms. The van der Waals surface area contributed by atoms with Crippen LogP contribution >= 0.6 is 0 Å². The fourth-order valence-electron chi connectivity index (χ4n) is 1.16. The van der Waals surface area contributed by atoms with Gasteiger partial charge in [0.05, 0.1) is 0 Å². The second-order valence-electron chi connectivity index (χ2n) is 2.39. The molecule has 1 fully saturated rings. The monoisotopic (exact) mass is 145 g/mol. The second-order valence-corrected chi connectivity index (χ2v) is 4.69. The lowest BCUT2D eigenvalue weighted by Crippen LogP contribution is -2.40. The molecule has 0 aromatic rings. The molecule has 1 heterocycles. The van der Waals surface area contributed by atoms with Gasteiger partial charge >= 0.3 is 0 Å². The molecule has 1 aliphatic rings. The molecule has 0 aromatic heterocycles. The summed E-state index contributed by atoms with van der Waals surface area (Å²) in [7, 11) is -0.876. The molecule has 0 bridgehead atoms. The lowest BCUT2D eigenvalue weighted by Gasteiger charge is -2.20. The Kier molecular flexibility index (Phi) is 3.25. The highest BCUT2D eigenvalue weighted by Gasteiger charge is 2.13. The van der Waals surface area contributed by atoms with Gasteiger partial charge in [0.15, 0.2) is 0 Å². The largest absolute Gasteiger partial charge is 0.406 e. The van der Waals surface area contributed by atoms with Crippen LogP contribution in [-0.2, 0) is 4.43 Å². The minimum Gasteiger partial charge on any atom is -0.406 e. The van der Waals surface area contributed by atoms with Crippen molar-refractivity contribution in [2.45, 2.75) is 25.8 Å². The van der Waals surface area contributed by atoms with Gasteiger partial charge in [-0.2, -0.15) is 0 Å². The van der Waals surface area contributed by atoms with Crippen molar-refractivity contribution in [3.05, 3.63) is 0 Å². The summed E-state index contributed by atoms with van der Waals surface area (Å²) in [5, 5.41) is 0. The minimum absolute atomic E-state index is 0.876. The van der Waals surface area contributed by atoms with Crippen LogP contribution in [-0.4, -0.2) is 22.4 Å². The van der Waals surface area contributed by atoms with Crippen LogP contribution in [0.3, 0.4) is 0 Å². The molecule has 1 saturated heterocycles. The van der Waals surface area contributed by atoms with Crippen LogP contribution in [0.1, 0.15) is 19.8 Å². The van der Waals surface area contributed by atoms with Crippen LogP contribution in [0.15, 0.2) is 0 Å². The molecule has 0 aromatic carbocycles. The molecule has 1 N–H and O–H groups in total. The van der Waals surface area contributed by atoms with Gasteiger partial charge in [-0.3, -0.25) is 0 Å². The molecular formula is C6H15NOSi. The SMILES string of the molecule is CCO[SiH]1CCCCN1. The van der Waals surface area contributed by atoms with E-state index in [1.54, 1.807) is 0 Å². The summed E-state index contributed by atoms with van der Waals surface area (Å²) in [6, 6.07) is 1.33. The van der Waals surface area contributed by atoms with Crippen LogP contribution in [0.4, 0.5) is 0 Å². The van der Waals surface area contributed by atoms with Gasteiger partial charge in [-0.05, 0) is 25.9 Å². The van der Waals surface area contributed by atoms with Crippen LogP contribution in [0.25, 0.3) is 0 Å². The van der Waals surface area contributed by atoms with Crippen molar-refractivity contribution < 1.29 is 4.43 Å². The first-order chi connectivity index (χ1) is 4.43. The number of hydrogen-bond acceptors (Lipinski definition) is 2. The summed E-state index contributed by atoms with van der Waals surface area (Å²) in [6.07, 6.45) is 2.72. The molecule has 0 amide bonds. The van der Waals surface area contributed by atoms with Crippen molar-refractivity contribution in [1.82, 2.24) is 4.98 Å². The van der Waals surface area contributed by atoms with Gasteiger partial charge in [0, 0.05) is 6.61 Å². The lowest BCUT2D eigenvalue weighted by molar-refractivity contribution is 0.325. The van der Waals surface area contributed by atoms with E-state index in [1.807, 2.05) is 0 Å². The van der Waals surface area contributed by atoms with Gasteiger partial charge in [-0.15, -0.1) is 0 Å². The Morgan fingerprint density at radius 2 is 2.44 bits per heavy atom. The maximum absolute atomic E-state index is 5.51. The van der Waals surface area contributed by atoms with E-state index in [9.17, 15) is 0 Å². The molecule has 2 nitrogen and oxygen atoms in total. The maximum atomic E-state index is 5.51. The fraction of sp³-hybridized carbons (Fsp3) is 1.00. The Balaban J connectivity index is 2.08. The van der Waals surface area contributed by atoms with Crippen molar-refractivity contribution >= 4 is 9.20 Å². The lowest BCUT2D eigenvalue weighted by atomic mass is 10.3. The van der Waals surface area contributed by atoms with Crippen molar-refractivity contribution in [3.63, 3.8) is 0 Å². The normalized spacial score (nSPS) is 28.3. The quantitative estimate of drug-likeness (QED) is 0.575. The molecule has 1 rings (SSSR count). The zero-order valence-corrected chi connectivity index (χ0v) is 7.18. The van der Waals surface area contributed by atoms with E-state index in [2.05, 4.69) is 11.9 Å². The summed E-state index contributed by atoms with van der Waals surface area (Å²) >= 11 is 0. The van der Waals surface area contributed by atoms with E-state index in [0.29, 0.717) is 0 Å². The fourth-order valence-corrected chi connectivity index (χ4v) is 3.24. The minimum atomic E-state index is -0.876. The van der Waals surface area contributed by atoms with Gasteiger partial charge in [0.2, 0.25) is 0 Å². The van der Waals surface area contributed by atoms with Crippen LogP contribution in [0, 0.1) is 0 Å². The van der Waals surface area contributed by atoms with Crippen LogP contribution in [0.5, 0.6) is 0 Å². The summed E-state index contributed by atoms with van der Waals surface area (Å²) in [6.45, 7) is 4.16. The van der Waals surface area contributed by atoms with E-state index in [-0.39, 0.29) is 0 Å². The van der Waals surface area contributed by atoms with Crippen LogP contribution < -0.4 is 4.98 Å². The van der Waals surface area contributed by atoms with E-state index in [4.69, 9.17) is 4.43 Å². The van der Waals surface area contributed by atoms with Gasteiger partial charge in [0.1, 0.15) is 0 Å². The second kappa shape index (κ2) is 4.03. The molecule has 3 heteroatoms. The third-order valence-corrected chi connectivity index (χ3v) is 4.05. The van der Waals surface area contributed by atoms with Crippen molar-refractivity contribution in [2.75, 3.05) is 13.2 Å². The first-order valence-electron chi connectivity index (χ1n) is 3.78. The summed E-state index contributed by atoms with van der Waals surface area (Å²) in [5.74, 6) is 0. The van der Waals surface area contributed by atoms with Gasteiger partial charge in [-0.1, -0.05) is 6.42 Å². The molecule has 9 heavy (non-hydrogen) atoms. The van der Waals surface area contributed by atoms with E-state index < -0.39 is 9.20 Å². The zero-order valence-electron chi connectivity index (χ0n) is 6.02. The smallest absolute Gasteiger partial charge is 0.252 e. The highest BCUT2D eigenvalue weighted by molar-refractivity contribution is 6.49. The molecule has 54 valence electrons. The van der Waals surface area contributed by atoms with Crippen molar-refractivity contribution in [2.24, 2.45) is 0 Å². The number of hydrogen-bond donors (Lipinski definition) is 1. The standard InChI is InChI=1S/C6H15NOSi/c1-2-8-9-6-4-3-5-7-9/h7,9H,2-6H2,1H3. The zero-order chi connectivity index (χ0) is 6.53. The number of rotatable bonds is 2. The molecule has 1 aliphatic heterocycles. The van der Waals surface area contributed by atoms with Gasteiger partial charge in [0.25, 0.3) is 9.20 Å². The third-order valence-electron chi connectivity index (χ3n) is 1.63. The Morgan fingerprint density at radius 3 is 3.00 bits per heavy atom.